The molecule has 0 radical (unpaired) electrons. The fourth-order valence-corrected chi connectivity index (χ4v) is 1.67. The Hall–Kier alpha value is -2.10. The van der Waals surface area contributed by atoms with Crippen molar-refractivity contribution < 1.29 is 14.3 Å². The van der Waals surface area contributed by atoms with Gasteiger partial charge in [0, 0.05) is 5.92 Å². The van der Waals surface area contributed by atoms with Crippen LogP contribution in [0.15, 0.2) is 41.0 Å². The monoisotopic (exact) mass is 231 g/mol. The highest BCUT2D eigenvalue weighted by Gasteiger charge is 2.16. The van der Waals surface area contributed by atoms with Gasteiger partial charge in [0.05, 0.1) is 0 Å². The molecule has 1 N–H and O–H groups in total. The van der Waals surface area contributed by atoms with Crippen LogP contribution in [0.3, 0.4) is 0 Å². The van der Waals surface area contributed by atoms with Gasteiger partial charge in [0.15, 0.2) is 11.6 Å². The molecule has 0 unspecified atom stereocenters. The van der Waals surface area contributed by atoms with Crippen LogP contribution in [-0.2, 0) is 6.42 Å². The van der Waals surface area contributed by atoms with Gasteiger partial charge in [-0.2, -0.15) is 0 Å². The van der Waals surface area contributed by atoms with E-state index in [4.69, 9.17) is 9.52 Å². The number of rotatable bonds is 4. The van der Waals surface area contributed by atoms with Crippen molar-refractivity contribution in [3.05, 3.63) is 53.7 Å². The second-order valence-electron chi connectivity index (χ2n) is 3.97. The Kier molecular flexibility index (Phi) is 3.23. The summed E-state index contributed by atoms with van der Waals surface area (Å²) >= 11 is 0. The Morgan fingerprint density at radius 2 is 2.12 bits per heavy atom. The van der Waals surface area contributed by atoms with E-state index in [1.807, 2.05) is 37.3 Å². The Labute approximate surface area is 98.9 Å². The van der Waals surface area contributed by atoms with E-state index in [2.05, 4.69) is 4.98 Å². The minimum atomic E-state index is -1.06. The summed E-state index contributed by atoms with van der Waals surface area (Å²) in [7, 11) is 0. The van der Waals surface area contributed by atoms with Crippen LogP contribution in [-0.4, -0.2) is 16.1 Å². The average molecular weight is 231 g/mol. The third kappa shape index (κ3) is 2.72. The lowest BCUT2D eigenvalue weighted by Gasteiger charge is -2.06. The normalized spacial score (nSPS) is 12.3. The third-order valence-electron chi connectivity index (χ3n) is 2.55. The Morgan fingerprint density at radius 3 is 2.71 bits per heavy atom. The highest BCUT2D eigenvalue weighted by Crippen LogP contribution is 2.19. The molecule has 0 fully saturated rings. The number of benzene rings is 1. The van der Waals surface area contributed by atoms with Gasteiger partial charge in [-0.05, 0) is 12.0 Å². The number of hydrogen-bond donors (Lipinski definition) is 1. The van der Waals surface area contributed by atoms with Crippen LogP contribution < -0.4 is 0 Å². The maximum absolute atomic E-state index is 10.7. The van der Waals surface area contributed by atoms with Crippen molar-refractivity contribution >= 4 is 5.97 Å². The smallest absolute Gasteiger partial charge is 0.357 e. The van der Waals surface area contributed by atoms with Gasteiger partial charge in [-0.3, -0.25) is 0 Å². The summed E-state index contributed by atoms with van der Waals surface area (Å²) in [5.41, 5.74) is 1.13. The molecule has 2 aromatic rings. The van der Waals surface area contributed by atoms with Gasteiger partial charge in [-0.25, -0.2) is 9.78 Å². The SMILES string of the molecule is C[C@@H](Cc1ccccc1)c1nc(C(=O)O)co1. The van der Waals surface area contributed by atoms with E-state index in [1.54, 1.807) is 0 Å². The van der Waals surface area contributed by atoms with E-state index >= 15 is 0 Å². The van der Waals surface area contributed by atoms with Gasteiger partial charge < -0.3 is 9.52 Å². The molecule has 0 aliphatic heterocycles. The lowest BCUT2D eigenvalue weighted by atomic mass is 10.0. The number of hydrogen-bond acceptors (Lipinski definition) is 3. The van der Waals surface area contributed by atoms with Gasteiger partial charge in [0.1, 0.15) is 6.26 Å². The first-order chi connectivity index (χ1) is 8.16. The molecule has 0 saturated carbocycles. The van der Waals surface area contributed by atoms with Crippen LogP contribution in [0.4, 0.5) is 0 Å². The predicted molar refractivity (Wildman–Crippen MR) is 62.0 cm³/mol. The molecule has 1 aromatic carbocycles. The van der Waals surface area contributed by atoms with E-state index in [-0.39, 0.29) is 11.6 Å². The van der Waals surface area contributed by atoms with E-state index in [0.717, 1.165) is 6.42 Å². The molecular formula is C13H13NO3. The zero-order valence-corrected chi connectivity index (χ0v) is 9.46. The van der Waals surface area contributed by atoms with Gasteiger partial charge in [0.2, 0.25) is 0 Å². The van der Waals surface area contributed by atoms with Gasteiger partial charge >= 0.3 is 5.97 Å². The second kappa shape index (κ2) is 4.82. The first-order valence-electron chi connectivity index (χ1n) is 5.39. The summed E-state index contributed by atoms with van der Waals surface area (Å²) in [4.78, 5) is 14.6. The fraction of sp³-hybridized carbons (Fsp3) is 0.231. The molecule has 0 saturated heterocycles. The minimum Gasteiger partial charge on any atom is -0.476 e. The van der Waals surface area contributed by atoms with Gasteiger partial charge in [0.25, 0.3) is 0 Å². The molecule has 1 aromatic heterocycles. The molecule has 0 spiro atoms. The summed E-state index contributed by atoms with van der Waals surface area (Å²) in [5, 5.41) is 8.75. The van der Waals surface area contributed by atoms with Crippen LogP contribution in [0.25, 0.3) is 0 Å². The number of aromatic nitrogens is 1. The maximum Gasteiger partial charge on any atom is 0.357 e. The van der Waals surface area contributed by atoms with Crippen LogP contribution >= 0.6 is 0 Å². The molecule has 0 aliphatic carbocycles. The third-order valence-corrected chi connectivity index (χ3v) is 2.55. The molecule has 0 bridgehead atoms. The quantitative estimate of drug-likeness (QED) is 0.878. The Balaban J connectivity index is 2.09. The number of carboxylic acid groups (broad SMARTS) is 1. The number of carbonyl (C=O) groups is 1. The topological polar surface area (TPSA) is 63.3 Å². The van der Waals surface area contributed by atoms with Gasteiger partial charge in [-0.1, -0.05) is 37.3 Å². The molecule has 17 heavy (non-hydrogen) atoms. The van der Waals surface area contributed by atoms with Crippen molar-refractivity contribution in [1.29, 1.82) is 0 Å². The molecule has 1 heterocycles. The van der Waals surface area contributed by atoms with Crippen LogP contribution in [0, 0.1) is 0 Å². The zero-order valence-electron chi connectivity index (χ0n) is 9.46. The number of nitrogens with zero attached hydrogens (tertiary/aromatic N) is 1. The Bertz CT molecular complexity index is 504. The number of oxazole rings is 1. The lowest BCUT2D eigenvalue weighted by molar-refractivity contribution is 0.0690. The lowest BCUT2D eigenvalue weighted by Crippen LogP contribution is -2.01. The van der Waals surface area contributed by atoms with E-state index in [0.29, 0.717) is 5.89 Å². The molecule has 0 aliphatic rings. The molecule has 4 heteroatoms. The first kappa shape index (κ1) is 11.4. The summed E-state index contributed by atoms with van der Waals surface area (Å²) in [6.07, 6.45) is 1.96. The highest BCUT2D eigenvalue weighted by molar-refractivity contribution is 5.84. The molecule has 1 atom stereocenters. The molecule has 2 rings (SSSR count). The largest absolute Gasteiger partial charge is 0.476 e. The number of carboxylic acids is 1. The second-order valence-corrected chi connectivity index (χ2v) is 3.97. The Morgan fingerprint density at radius 1 is 1.41 bits per heavy atom. The van der Waals surface area contributed by atoms with Gasteiger partial charge in [-0.15, -0.1) is 0 Å². The zero-order chi connectivity index (χ0) is 12.3. The van der Waals surface area contributed by atoms with Crippen molar-refractivity contribution in [3.63, 3.8) is 0 Å². The molecule has 4 nitrogen and oxygen atoms in total. The summed E-state index contributed by atoms with van der Waals surface area (Å²) < 4.78 is 5.17. The first-order valence-corrected chi connectivity index (χ1v) is 5.39. The number of aromatic carboxylic acids is 1. The van der Waals surface area contributed by atoms with E-state index < -0.39 is 5.97 Å². The van der Waals surface area contributed by atoms with Crippen molar-refractivity contribution in [1.82, 2.24) is 4.98 Å². The van der Waals surface area contributed by atoms with Crippen molar-refractivity contribution in [3.8, 4) is 0 Å². The van der Waals surface area contributed by atoms with Crippen LogP contribution in [0.2, 0.25) is 0 Å². The standard InChI is InChI=1S/C13H13NO3/c1-9(7-10-5-3-2-4-6-10)12-14-11(8-17-12)13(15)16/h2-6,8-9H,7H2,1H3,(H,15,16)/t9-/m0/s1. The summed E-state index contributed by atoms with van der Waals surface area (Å²) in [6, 6.07) is 9.96. The predicted octanol–water partition coefficient (Wildman–Crippen LogP) is 2.72. The summed E-state index contributed by atoms with van der Waals surface area (Å²) in [5.74, 6) is -0.538. The maximum atomic E-state index is 10.7. The molecule has 88 valence electrons. The van der Waals surface area contributed by atoms with Crippen molar-refractivity contribution in [2.75, 3.05) is 0 Å². The fourth-order valence-electron chi connectivity index (χ4n) is 1.67. The molecular weight excluding hydrogens is 218 g/mol. The van der Waals surface area contributed by atoms with Crippen molar-refractivity contribution in [2.45, 2.75) is 19.3 Å². The van der Waals surface area contributed by atoms with Crippen LogP contribution in [0.5, 0.6) is 0 Å². The van der Waals surface area contributed by atoms with E-state index in [9.17, 15) is 4.79 Å². The highest BCUT2D eigenvalue weighted by atomic mass is 16.4. The van der Waals surface area contributed by atoms with E-state index in [1.165, 1.54) is 11.8 Å². The average Bonchev–Trinajstić information content (AvgIpc) is 2.79. The van der Waals surface area contributed by atoms with Crippen LogP contribution in [0.1, 0.15) is 34.8 Å². The summed E-state index contributed by atoms with van der Waals surface area (Å²) in [6.45, 7) is 1.96. The van der Waals surface area contributed by atoms with Crippen molar-refractivity contribution in [2.24, 2.45) is 0 Å². The molecule has 0 amide bonds. The minimum absolute atomic E-state index is 0.0417.